The van der Waals surface area contributed by atoms with Crippen LogP contribution in [0.15, 0.2) is 24.3 Å². The number of hydrogen-bond acceptors (Lipinski definition) is 5. The van der Waals surface area contributed by atoms with Gasteiger partial charge in [-0.05, 0) is 29.9 Å². The molecular formula is C14H14N4O2S. The van der Waals surface area contributed by atoms with Gasteiger partial charge in [-0.2, -0.15) is 0 Å². The molecule has 0 fully saturated rings. The van der Waals surface area contributed by atoms with Crippen molar-refractivity contribution in [2.75, 3.05) is 17.7 Å². The zero-order chi connectivity index (χ0) is 15.0. The minimum Gasteiger partial charge on any atom is -0.497 e. The van der Waals surface area contributed by atoms with Crippen LogP contribution in [0.4, 0.5) is 11.6 Å². The molecule has 0 unspecified atom stereocenters. The first-order valence-corrected chi connectivity index (χ1v) is 6.81. The molecule has 0 aliphatic carbocycles. The Bertz CT molecular complexity index is 755. The lowest BCUT2D eigenvalue weighted by atomic mass is 10.2. The Balaban J connectivity index is 1.93. The quantitative estimate of drug-likeness (QED) is 0.845. The highest BCUT2D eigenvalue weighted by atomic mass is 32.1. The SMILES string of the molecule is COc1ccc(CN2C(=O)Cc3c2nc(=S)[nH]c3N)cc1. The monoisotopic (exact) mass is 302 g/mol. The van der Waals surface area contributed by atoms with Gasteiger partial charge >= 0.3 is 0 Å². The van der Waals surface area contributed by atoms with Crippen molar-refractivity contribution in [2.24, 2.45) is 0 Å². The molecule has 108 valence electrons. The van der Waals surface area contributed by atoms with Crippen LogP contribution in [0.25, 0.3) is 0 Å². The minimum absolute atomic E-state index is 0.0333. The van der Waals surface area contributed by atoms with Gasteiger partial charge in [0.05, 0.1) is 20.1 Å². The predicted octanol–water partition coefficient (Wildman–Crippen LogP) is 1.82. The first-order chi connectivity index (χ1) is 10.1. The third kappa shape index (κ3) is 2.47. The van der Waals surface area contributed by atoms with E-state index in [0.717, 1.165) is 11.3 Å². The second-order valence-electron chi connectivity index (χ2n) is 4.76. The molecule has 1 aliphatic rings. The molecule has 1 aromatic heterocycles. The number of hydrogen-bond donors (Lipinski definition) is 2. The Labute approximate surface area is 126 Å². The Kier molecular flexibility index (Phi) is 3.34. The van der Waals surface area contributed by atoms with Crippen molar-refractivity contribution < 1.29 is 9.53 Å². The van der Waals surface area contributed by atoms with Crippen molar-refractivity contribution in [2.45, 2.75) is 13.0 Å². The number of aromatic nitrogens is 2. The maximum absolute atomic E-state index is 12.2. The van der Waals surface area contributed by atoms with Crippen LogP contribution in [0.3, 0.4) is 0 Å². The van der Waals surface area contributed by atoms with Gasteiger partial charge in [0.2, 0.25) is 5.91 Å². The Morgan fingerprint density at radius 1 is 1.43 bits per heavy atom. The highest BCUT2D eigenvalue weighted by Crippen LogP contribution is 2.31. The van der Waals surface area contributed by atoms with E-state index in [1.807, 2.05) is 24.3 Å². The van der Waals surface area contributed by atoms with Crippen LogP contribution < -0.4 is 15.4 Å². The summed E-state index contributed by atoms with van der Waals surface area (Å²) >= 11 is 5.03. The van der Waals surface area contributed by atoms with Crippen molar-refractivity contribution in [3.63, 3.8) is 0 Å². The summed E-state index contributed by atoms with van der Waals surface area (Å²) in [6, 6.07) is 7.54. The standard InChI is InChI=1S/C14H14N4O2S/c1-20-9-4-2-8(3-5-9)7-18-11(19)6-10-12(15)16-14(21)17-13(10)18/h2-5H,6-7H2,1H3,(H3,15,16,17,21). The topological polar surface area (TPSA) is 84.2 Å². The highest BCUT2D eigenvalue weighted by Gasteiger charge is 2.30. The van der Waals surface area contributed by atoms with E-state index in [0.29, 0.717) is 23.7 Å². The minimum atomic E-state index is -0.0333. The van der Waals surface area contributed by atoms with Crippen molar-refractivity contribution in [3.05, 3.63) is 40.2 Å². The van der Waals surface area contributed by atoms with Gasteiger partial charge in [-0.3, -0.25) is 9.69 Å². The van der Waals surface area contributed by atoms with E-state index in [1.165, 1.54) is 0 Å². The number of fused-ring (bicyclic) bond motifs is 1. The Morgan fingerprint density at radius 2 is 2.14 bits per heavy atom. The van der Waals surface area contributed by atoms with Crippen LogP contribution in [0.2, 0.25) is 0 Å². The zero-order valence-electron chi connectivity index (χ0n) is 11.4. The summed E-state index contributed by atoms with van der Waals surface area (Å²) < 4.78 is 5.40. The number of benzene rings is 1. The number of anilines is 2. The maximum atomic E-state index is 12.2. The number of aromatic amines is 1. The lowest BCUT2D eigenvalue weighted by molar-refractivity contribution is -0.117. The highest BCUT2D eigenvalue weighted by molar-refractivity contribution is 7.71. The van der Waals surface area contributed by atoms with Gasteiger partial charge in [0.25, 0.3) is 0 Å². The molecule has 0 atom stereocenters. The van der Waals surface area contributed by atoms with Crippen LogP contribution in [-0.2, 0) is 17.8 Å². The average Bonchev–Trinajstić information content (AvgIpc) is 2.77. The summed E-state index contributed by atoms with van der Waals surface area (Å²) in [5.41, 5.74) is 7.56. The van der Waals surface area contributed by atoms with Gasteiger partial charge in [-0.25, -0.2) is 4.98 Å². The van der Waals surface area contributed by atoms with E-state index in [4.69, 9.17) is 22.7 Å². The number of nitrogens with two attached hydrogens (primary N) is 1. The molecule has 1 amide bonds. The van der Waals surface area contributed by atoms with Gasteiger partial charge in [0.1, 0.15) is 17.4 Å². The van der Waals surface area contributed by atoms with Crippen molar-refractivity contribution >= 4 is 29.8 Å². The number of H-pyrrole nitrogens is 1. The van der Waals surface area contributed by atoms with E-state index < -0.39 is 0 Å². The molecule has 0 saturated carbocycles. The van der Waals surface area contributed by atoms with Crippen LogP contribution in [0, 0.1) is 4.77 Å². The van der Waals surface area contributed by atoms with Crippen molar-refractivity contribution in [3.8, 4) is 5.75 Å². The molecule has 7 heteroatoms. The predicted molar refractivity (Wildman–Crippen MR) is 81.7 cm³/mol. The van der Waals surface area contributed by atoms with E-state index in [1.54, 1.807) is 12.0 Å². The number of ether oxygens (including phenoxy) is 1. The number of nitrogen functional groups attached to an aromatic ring is 1. The third-order valence-electron chi connectivity index (χ3n) is 3.43. The number of rotatable bonds is 3. The first-order valence-electron chi connectivity index (χ1n) is 6.40. The number of amides is 1. The van der Waals surface area contributed by atoms with Crippen LogP contribution in [-0.4, -0.2) is 23.0 Å². The molecule has 2 heterocycles. The molecule has 6 nitrogen and oxygen atoms in total. The number of methoxy groups -OCH3 is 1. The van der Waals surface area contributed by atoms with Crippen LogP contribution in [0.1, 0.15) is 11.1 Å². The molecule has 3 N–H and O–H groups in total. The summed E-state index contributed by atoms with van der Waals surface area (Å²) in [6.45, 7) is 0.432. The summed E-state index contributed by atoms with van der Waals surface area (Å²) in [6.07, 6.45) is 0.246. The number of nitrogens with one attached hydrogen (secondary N) is 1. The molecule has 0 saturated heterocycles. The fraction of sp³-hybridized carbons (Fsp3) is 0.214. The number of carbonyl (C=O) groups is 1. The molecule has 3 rings (SSSR count). The average molecular weight is 302 g/mol. The van der Waals surface area contributed by atoms with Gasteiger partial charge in [0, 0.05) is 5.56 Å². The number of carbonyl (C=O) groups excluding carboxylic acids is 1. The van der Waals surface area contributed by atoms with Crippen LogP contribution >= 0.6 is 12.2 Å². The van der Waals surface area contributed by atoms with E-state index in [2.05, 4.69) is 9.97 Å². The fourth-order valence-electron chi connectivity index (χ4n) is 2.34. The number of nitrogens with zero attached hydrogens (tertiary/aromatic N) is 2. The molecular weight excluding hydrogens is 288 g/mol. The second kappa shape index (κ2) is 5.17. The third-order valence-corrected chi connectivity index (χ3v) is 3.62. The lowest BCUT2D eigenvalue weighted by Crippen LogP contribution is -2.26. The Hall–Kier alpha value is -2.41. The first kappa shape index (κ1) is 13.6. The lowest BCUT2D eigenvalue weighted by Gasteiger charge is -2.16. The molecule has 0 radical (unpaired) electrons. The summed E-state index contributed by atoms with van der Waals surface area (Å²) in [5, 5.41) is 0. The molecule has 1 aromatic carbocycles. The fourth-order valence-corrected chi connectivity index (χ4v) is 2.54. The van der Waals surface area contributed by atoms with Gasteiger partial charge in [-0.15, -0.1) is 0 Å². The smallest absolute Gasteiger partial charge is 0.233 e. The van der Waals surface area contributed by atoms with Crippen LogP contribution in [0.5, 0.6) is 5.75 Å². The zero-order valence-corrected chi connectivity index (χ0v) is 12.2. The van der Waals surface area contributed by atoms with Crippen molar-refractivity contribution in [1.82, 2.24) is 9.97 Å². The van der Waals surface area contributed by atoms with Gasteiger partial charge in [0.15, 0.2) is 4.77 Å². The van der Waals surface area contributed by atoms with E-state index in [9.17, 15) is 4.79 Å². The molecule has 0 spiro atoms. The summed E-state index contributed by atoms with van der Waals surface area (Å²) in [7, 11) is 1.61. The van der Waals surface area contributed by atoms with E-state index >= 15 is 0 Å². The largest absolute Gasteiger partial charge is 0.497 e. The second-order valence-corrected chi connectivity index (χ2v) is 5.15. The maximum Gasteiger partial charge on any atom is 0.233 e. The Morgan fingerprint density at radius 3 is 2.81 bits per heavy atom. The normalized spacial score (nSPS) is 13.4. The van der Waals surface area contributed by atoms with Gasteiger partial charge < -0.3 is 15.5 Å². The molecule has 1 aliphatic heterocycles. The van der Waals surface area contributed by atoms with E-state index in [-0.39, 0.29) is 17.1 Å². The van der Waals surface area contributed by atoms with Gasteiger partial charge in [-0.1, -0.05) is 12.1 Å². The summed E-state index contributed by atoms with van der Waals surface area (Å²) in [5.74, 6) is 1.71. The molecule has 2 aromatic rings. The molecule has 21 heavy (non-hydrogen) atoms. The van der Waals surface area contributed by atoms with Crippen molar-refractivity contribution in [1.29, 1.82) is 0 Å². The molecule has 0 bridgehead atoms. The summed E-state index contributed by atoms with van der Waals surface area (Å²) in [4.78, 5) is 20.8.